The number of hydrogen-bond donors (Lipinski definition) is 2. The van der Waals surface area contributed by atoms with Crippen LogP contribution in [-0.4, -0.2) is 64.8 Å². The van der Waals surface area contributed by atoms with Crippen molar-refractivity contribution in [3.8, 4) is 0 Å². The first kappa shape index (κ1) is 13.8. The second-order valence-electron chi connectivity index (χ2n) is 4.54. The molecule has 1 heterocycles. The van der Waals surface area contributed by atoms with E-state index in [0.717, 1.165) is 12.8 Å². The van der Waals surface area contributed by atoms with E-state index in [-0.39, 0.29) is 18.6 Å². The first-order chi connectivity index (χ1) is 7.97. The smallest absolute Gasteiger partial charge is 0.326 e. The van der Waals surface area contributed by atoms with Crippen LogP contribution in [-0.2, 0) is 4.79 Å². The number of hydrogen-bond acceptors (Lipinski definition) is 3. The molecule has 2 amide bonds. The molecule has 0 spiro atoms. The Morgan fingerprint density at radius 3 is 2.71 bits per heavy atom. The molecule has 0 bridgehead atoms. The van der Waals surface area contributed by atoms with Crippen molar-refractivity contribution in [3.63, 3.8) is 0 Å². The zero-order valence-electron chi connectivity index (χ0n) is 10.3. The molecule has 0 radical (unpaired) electrons. The fourth-order valence-corrected chi connectivity index (χ4v) is 1.94. The predicted octanol–water partition coefficient (Wildman–Crippen LogP) is 0.216. The summed E-state index contributed by atoms with van der Waals surface area (Å²) < 4.78 is 0. The number of urea groups is 1. The number of likely N-dealkylation sites (N-methyl/N-ethyl adjacent to an activating group) is 1. The van der Waals surface area contributed by atoms with Gasteiger partial charge in [-0.25, -0.2) is 9.59 Å². The van der Waals surface area contributed by atoms with Crippen LogP contribution < -0.4 is 0 Å². The lowest BCUT2D eigenvalue weighted by Crippen LogP contribution is -2.51. The van der Waals surface area contributed by atoms with Gasteiger partial charge in [-0.15, -0.1) is 0 Å². The quantitative estimate of drug-likeness (QED) is 0.744. The summed E-state index contributed by atoms with van der Waals surface area (Å²) in [5, 5.41) is 17.9. The minimum atomic E-state index is -1.02. The molecule has 0 aromatic heterocycles. The number of carboxylic acid groups (broad SMARTS) is 1. The van der Waals surface area contributed by atoms with E-state index >= 15 is 0 Å². The molecule has 98 valence electrons. The molecule has 0 aromatic rings. The molecule has 2 atom stereocenters. The van der Waals surface area contributed by atoms with E-state index in [1.54, 1.807) is 4.90 Å². The van der Waals surface area contributed by atoms with Crippen LogP contribution in [0.4, 0.5) is 4.79 Å². The Bertz CT molecular complexity index is 295. The van der Waals surface area contributed by atoms with Crippen LogP contribution in [0.15, 0.2) is 0 Å². The number of aliphatic carboxylic acids is 1. The van der Waals surface area contributed by atoms with Crippen LogP contribution in [0.2, 0.25) is 0 Å². The van der Waals surface area contributed by atoms with Gasteiger partial charge in [0.05, 0.1) is 0 Å². The van der Waals surface area contributed by atoms with E-state index in [2.05, 4.69) is 0 Å². The summed E-state index contributed by atoms with van der Waals surface area (Å²) >= 11 is 0. The number of carbonyl (C=O) groups is 2. The van der Waals surface area contributed by atoms with Crippen molar-refractivity contribution in [1.82, 2.24) is 9.80 Å². The fourth-order valence-electron chi connectivity index (χ4n) is 1.94. The average Bonchev–Trinajstić information content (AvgIpc) is 2.36. The Morgan fingerprint density at radius 1 is 1.53 bits per heavy atom. The molecule has 0 aliphatic carbocycles. The number of aliphatic hydroxyl groups excluding tert-OH is 1. The largest absolute Gasteiger partial charge is 0.480 e. The summed E-state index contributed by atoms with van der Waals surface area (Å²) in [6.45, 7) is 2.69. The molecule has 1 aliphatic rings. The summed E-state index contributed by atoms with van der Waals surface area (Å²) in [6, 6.07) is -1.12. The van der Waals surface area contributed by atoms with Crippen LogP contribution in [0, 0.1) is 5.92 Å². The standard InChI is InChI=1S/C11H20N2O4/c1-8(10(15)16)12(2)11(17)13-5-3-4-9(6-13)7-14/h8-9,14H,3-7H2,1-2H3,(H,15,16). The molecule has 1 aliphatic heterocycles. The number of rotatable bonds is 3. The van der Waals surface area contributed by atoms with E-state index in [4.69, 9.17) is 10.2 Å². The van der Waals surface area contributed by atoms with Gasteiger partial charge in [0.25, 0.3) is 0 Å². The zero-order chi connectivity index (χ0) is 13.0. The number of aliphatic hydroxyl groups is 1. The van der Waals surface area contributed by atoms with Gasteiger partial charge < -0.3 is 20.0 Å². The number of nitrogens with zero attached hydrogens (tertiary/aromatic N) is 2. The lowest BCUT2D eigenvalue weighted by atomic mass is 9.99. The third-order valence-corrected chi connectivity index (χ3v) is 3.29. The summed E-state index contributed by atoms with van der Waals surface area (Å²) in [6.07, 6.45) is 1.77. The Hall–Kier alpha value is -1.30. The van der Waals surface area contributed by atoms with Gasteiger partial charge in [-0.2, -0.15) is 0 Å². The normalized spacial score (nSPS) is 22.1. The minimum Gasteiger partial charge on any atom is -0.480 e. The van der Waals surface area contributed by atoms with E-state index in [1.807, 2.05) is 0 Å². The highest BCUT2D eigenvalue weighted by molar-refractivity contribution is 5.82. The number of carboxylic acids is 1. The molecule has 6 nitrogen and oxygen atoms in total. The molecule has 1 rings (SSSR count). The number of carbonyl (C=O) groups excluding carboxylic acids is 1. The first-order valence-corrected chi connectivity index (χ1v) is 5.82. The molecule has 0 aromatic carbocycles. The Kier molecular flexibility index (Phi) is 4.74. The number of amides is 2. The lowest BCUT2D eigenvalue weighted by molar-refractivity contribution is -0.141. The van der Waals surface area contributed by atoms with Gasteiger partial charge in [0.15, 0.2) is 0 Å². The average molecular weight is 244 g/mol. The van der Waals surface area contributed by atoms with Gasteiger partial charge >= 0.3 is 12.0 Å². The van der Waals surface area contributed by atoms with Crippen molar-refractivity contribution in [2.45, 2.75) is 25.8 Å². The van der Waals surface area contributed by atoms with Crippen molar-refractivity contribution in [1.29, 1.82) is 0 Å². The Morgan fingerprint density at radius 2 is 2.18 bits per heavy atom. The highest BCUT2D eigenvalue weighted by atomic mass is 16.4. The monoisotopic (exact) mass is 244 g/mol. The van der Waals surface area contributed by atoms with Gasteiger partial charge in [-0.3, -0.25) is 0 Å². The summed E-state index contributed by atoms with van der Waals surface area (Å²) in [4.78, 5) is 25.6. The van der Waals surface area contributed by atoms with E-state index in [9.17, 15) is 9.59 Å². The summed E-state index contributed by atoms with van der Waals surface area (Å²) in [5.74, 6) is -0.905. The van der Waals surface area contributed by atoms with Crippen LogP contribution >= 0.6 is 0 Å². The van der Waals surface area contributed by atoms with Crippen molar-refractivity contribution >= 4 is 12.0 Å². The second-order valence-corrected chi connectivity index (χ2v) is 4.54. The van der Waals surface area contributed by atoms with E-state index < -0.39 is 12.0 Å². The number of likely N-dealkylation sites (tertiary alicyclic amines) is 1. The molecular formula is C11H20N2O4. The highest BCUT2D eigenvalue weighted by Gasteiger charge is 2.29. The molecule has 0 saturated carbocycles. The predicted molar refractivity (Wildman–Crippen MR) is 61.6 cm³/mol. The maximum Gasteiger partial charge on any atom is 0.326 e. The molecule has 2 unspecified atom stereocenters. The molecule has 17 heavy (non-hydrogen) atoms. The van der Waals surface area contributed by atoms with Crippen molar-refractivity contribution in [2.24, 2.45) is 5.92 Å². The maximum absolute atomic E-state index is 12.0. The highest BCUT2D eigenvalue weighted by Crippen LogP contribution is 2.17. The molecule has 1 fully saturated rings. The Labute approximate surface area is 101 Å². The van der Waals surface area contributed by atoms with Crippen molar-refractivity contribution < 1.29 is 19.8 Å². The van der Waals surface area contributed by atoms with Crippen LogP contribution in [0.5, 0.6) is 0 Å². The zero-order valence-corrected chi connectivity index (χ0v) is 10.3. The minimum absolute atomic E-state index is 0.0714. The van der Waals surface area contributed by atoms with Gasteiger partial charge in [0.1, 0.15) is 6.04 Å². The number of piperidine rings is 1. The maximum atomic E-state index is 12.0. The Balaban J connectivity index is 2.59. The van der Waals surface area contributed by atoms with Crippen molar-refractivity contribution in [2.75, 3.05) is 26.7 Å². The topological polar surface area (TPSA) is 81.1 Å². The van der Waals surface area contributed by atoms with Gasteiger partial charge in [0, 0.05) is 26.7 Å². The van der Waals surface area contributed by atoms with Gasteiger partial charge in [-0.05, 0) is 25.7 Å². The lowest BCUT2D eigenvalue weighted by Gasteiger charge is -2.35. The van der Waals surface area contributed by atoms with Gasteiger partial charge in [-0.1, -0.05) is 0 Å². The third-order valence-electron chi connectivity index (χ3n) is 3.29. The van der Waals surface area contributed by atoms with Crippen LogP contribution in [0.25, 0.3) is 0 Å². The third kappa shape index (κ3) is 3.33. The van der Waals surface area contributed by atoms with E-state index in [0.29, 0.717) is 13.1 Å². The summed E-state index contributed by atoms with van der Waals surface area (Å²) in [7, 11) is 1.49. The van der Waals surface area contributed by atoms with Crippen LogP contribution in [0.3, 0.4) is 0 Å². The molecule has 1 saturated heterocycles. The SMILES string of the molecule is CC(C(=O)O)N(C)C(=O)N1CCCC(CO)C1. The molecular weight excluding hydrogens is 224 g/mol. The van der Waals surface area contributed by atoms with Crippen LogP contribution in [0.1, 0.15) is 19.8 Å². The van der Waals surface area contributed by atoms with Gasteiger partial charge in [0.2, 0.25) is 0 Å². The second kappa shape index (κ2) is 5.86. The molecule has 6 heteroatoms. The van der Waals surface area contributed by atoms with Crippen molar-refractivity contribution in [3.05, 3.63) is 0 Å². The molecule has 2 N–H and O–H groups in total. The van der Waals surface area contributed by atoms with E-state index in [1.165, 1.54) is 18.9 Å². The first-order valence-electron chi connectivity index (χ1n) is 5.82. The summed E-state index contributed by atoms with van der Waals surface area (Å²) in [5.41, 5.74) is 0. The fraction of sp³-hybridized carbons (Fsp3) is 0.818.